The fraction of sp³-hybridized carbons (Fsp3) is 0.294. The van der Waals surface area contributed by atoms with Crippen molar-refractivity contribution in [2.24, 2.45) is 5.73 Å². The maximum Gasteiger partial charge on any atom is 0.343 e. The Labute approximate surface area is 159 Å². The van der Waals surface area contributed by atoms with Crippen molar-refractivity contribution in [3.05, 3.63) is 53.7 Å². The molecule has 1 aromatic heterocycles. The van der Waals surface area contributed by atoms with Gasteiger partial charge in [-0.3, -0.25) is 0 Å². The van der Waals surface area contributed by atoms with Crippen LogP contribution >= 0.6 is 24.8 Å². The van der Waals surface area contributed by atoms with Crippen molar-refractivity contribution in [1.29, 1.82) is 0 Å². The minimum absolute atomic E-state index is 0. The van der Waals surface area contributed by atoms with Gasteiger partial charge in [-0.05, 0) is 43.2 Å². The highest BCUT2D eigenvalue weighted by atomic mass is 35.5. The number of aromatic nitrogens is 1. The zero-order valence-corrected chi connectivity index (χ0v) is 15.4. The number of aliphatic hydroxyl groups excluding tert-OH is 1. The van der Waals surface area contributed by atoms with Gasteiger partial charge in [0.1, 0.15) is 11.3 Å². The first kappa shape index (κ1) is 23.1. The summed E-state index contributed by atoms with van der Waals surface area (Å²) in [6.07, 6.45) is 2.13. The molecule has 0 aliphatic rings. The van der Waals surface area contributed by atoms with Gasteiger partial charge in [-0.25, -0.2) is 9.78 Å². The maximum atomic E-state index is 11.9. The lowest BCUT2D eigenvalue weighted by Gasteiger charge is -2.11. The number of nitrogens with two attached hydrogens (primary N) is 1. The Balaban J connectivity index is 0.00000288. The molecular formula is C17H22Cl2N2O4. The molecule has 0 amide bonds. The van der Waals surface area contributed by atoms with Crippen molar-refractivity contribution < 1.29 is 19.4 Å². The molecule has 1 aromatic carbocycles. The van der Waals surface area contributed by atoms with Gasteiger partial charge in [0.05, 0.1) is 13.2 Å². The molecule has 0 saturated heterocycles. The molecule has 8 heteroatoms. The van der Waals surface area contributed by atoms with Gasteiger partial charge in [-0.2, -0.15) is 0 Å². The van der Waals surface area contributed by atoms with Crippen molar-refractivity contribution in [3.8, 4) is 11.6 Å². The minimum atomic E-state index is -0.471. The van der Waals surface area contributed by atoms with Crippen molar-refractivity contribution >= 4 is 30.8 Å². The van der Waals surface area contributed by atoms with Crippen LogP contribution in [0.2, 0.25) is 0 Å². The Kier molecular flexibility index (Phi) is 10.8. The second-order valence-electron chi connectivity index (χ2n) is 4.97. The second-order valence-corrected chi connectivity index (χ2v) is 4.97. The van der Waals surface area contributed by atoms with Gasteiger partial charge in [0.2, 0.25) is 5.88 Å². The summed E-state index contributed by atoms with van der Waals surface area (Å²) >= 11 is 0. The van der Waals surface area contributed by atoms with E-state index in [1.165, 1.54) is 0 Å². The number of nitrogens with zero attached hydrogens (tertiary/aromatic N) is 1. The summed E-state index contributed by atoms with van der Waals surface area (Å²) in [5.74, 6) is 0.280. The number of hydrogen-bond donors (Lipinski definition) is 2. The minimum Gasteiger partial charge on any atom is -0.462 e. The van der Waals surface area contributed by atoms with Gasteiger partial charge >= 0.3 is 5.97 Å². The van der Waals surface area contributed by atoms with Crippen LogP contribution < -0.4 is 10.5 Å². The Morgan fingerprint density at radius 1 is 1.24 bits per heavy atom. The lowest BCUT2D eigenvalue weighted by atomic mass is 10.1. The first-order chi connectivity index (χ1) is 11.1. The highest BCUT2D eigenvalue weighted by Crippen LogP contribution is 2.24. The molecule has 0 spiro atoms. The number of ether oxygens (including phenoxy) is 2. The Bertz CT molecular complexity index is 653. The fourth-order valence-electron chi connectivity index (χ4n) is 2.01. The third-order valence-electron chi connectivity index (χ3n) is 3.14. The van der Waals surface area contributed by atoms with Gasteiger partial charge in [0.15, 0.2) is 0 Å². The largest absolute Gasteiger partial charge is 0.462 e. The Morgan fingerprint density at radius 3 is 2.52 bits per heavy atom. The number of carbonyl (C=O) groups excluding carboxylic acids is 1. The molecule has 3 N–H and O–H groups in total. The maximum absolute atomic E-state index is 11.9. The highest BCUT2D eigenvalue weighted by Gasteiger charge is 2.15. The van der Waals surface area contributed by atoms with E-state index in [1.807, 2.05) is 12.1 Å². The molecule has 25 heavy (non-hydrogen) atoms. The van der Waals surface area contributed by atoms with E-state index in [0.29, 0.717) is 12.2 Å². The van der Waals surface area contributed by atoms with Crippen LogP contribution in [0, 0.1) is 0 Å². The van der Waals surface area contributed by atoms with Crippen LogP contribution in [0.4, 0.5) is 0 Å². The Hall–Kier alpha value is -1.86. The SMILES string of the molecule is CCOC(=O)c1cccnc1Oc1ccc(C[C@H](N)CO)cc1.Cl.Cl. The Morgan fingerprint density at radius 2 is 1.92 bits per heavy atom. The number of hydrogen-bond acceptors (Lipinski definition) is 6. The summed E-state index contributed by atoms with van der Waals surface area (Å²) in [5.41, 5.74) is 6.98. The molecule has 6 nitrogen and oxygen atoms in total. The van der Waals surface area contributed by atoms with E-state index in [9.17, 15) is 4.79 Å². The molecule has 1 atom stereocenters. The van der Waals surface area contributed by atoms with Crippen molar-refractivity contribution in [2.45, 2.75) is 19.4 Å². The third kappa shape index (κ3) is 6.88. The number of carbonyl (C=O) groups is 1. The molecule has 2 aromatic rings. The quantitative estimate of drug-likeness (QED) is 0.708. The topological polar surface area (TPSA) is 94.7 Å². The lowest BCUT2D eigenvalue weighted by Crippen LogP contribution is -2.26. The van der Waals surface area contributed by atoms with Crippen LogP contribution in [0.15, 0.2) is 42.6 Å². The monoisotopic (exact) mass is 388 g/mol. The summed E-state index contributed by atoms with van der Waals surface area (Å²) < 4.78 is 10.7. The second kappa shape index (κ2) is 11.7. The molecule has 0 bridgehead atoms. The normalized spacial score (nSPS) is 10.8. The summed E-state index contributed by atoms with van der Waals surface area (Å²) in [6.45, 7) is 1.96. The standard InChI is InChI=1S/C17H20N2O4.2ClH/c1-2-22-17(21)15-4-3-9-19-16(15)23-14-7-5-12(6-8-14)10-13(18)11-20;;/h3-9,13,20H,2,10-11,18H2,1H3;2*1H/t13-;;/m0../s1. The molecule has 2 rings (SSSR count). The first-order valence-corrected chi connectivity index (χ1v) is 7.39. The third-order valence-corrected chi connectivity index (χ3v) is 3.14. The van der Waals surface area contributed by atoms with E-state index in [-0.39, 0.29) is 55.5 Å². The summed E-state index contributed by atoms with van der Waals surface area (Å²) in [6, 6.07) is 10.2. The molecule has 0 aliphatic heterocycles. The molecule has 0 radical (unpaired) electrons. The van der Waals surface area contributed by atoms with Gasteiger partial charge in [-0.1, -0.05) is 12.1 Å². The van der Waals surface area contributed by atoms with Crippen LogP contribution in [0.5, 0.6) is 11.6 Å². The summed E-state index contributed by atoms with van der Waals surface area (Å²) in [5, 5.41) is 8.97. The van der Waals surface area contributed by atoms with E-state index in [1.54, 1.807) is 37.4 Å². The van der Waals surface area contributed by atoms with Crippen LogP contribution in [0.3, 0.4) is 0 Å². The average Bonchev–Trinajstić information content (AvgIpc) is 2.57. The smallest absolute Gasteiger partial charge is 0.343 e. The van der Waals surface area contributed by atoms with E-state index in [2.05, 4.69) is 4.98 Å². The van der Waals surface area contributed by atoms with Crippen LogP contribution in [0.1, 0.15) is 22.8 Å². The van der Waals surface area contributed by atoms with Crippen LogP contribution in [0.25, 0.3) is 0 Å². The van der Waals surface area contributed by atoms with Crippen molar-refractivity contribution in [1.82, 2.24) is 4.98 Å². The molecule has 138 valence electrons. The zero-order valence-electron chi connectivity index (χ0n) is 13.8. The van der Waals surface area contributed by atoms with Crippen molar-refractivity contribution in [3.63, 3.8) is 0 Å². The molecular weight excluding hydrogens is 367 g/mol. The van der Waals surface area contributed by atoms with E-state index >= 15 is 0 Å². The summed E-state index contributed by atoms with van der Waals surface area (Å²) in [7, 11) is 0. The fourth-order valence-corrected chi connectivity index (χ4v) is 2.01. The van der Waals surface area contributed by atoms with Gasteiger partial charge < -0.3 is 20.3 Å². The highest BCUT2D eigenvalue weighted by molar-refractivity contribution is 5.91. The van der Waals surface area contributed by atoms with Gasteiger partial charge in [0, 0.05) is 12.2 Å². The number of pyridine rings is 1. The first-order valence-electron chi connectivity index (χ1n) is 7.39. The number of esters is 1. The predicted molar refractivity (Wildman–Crippen MR) is 100.0 cm³/mol. The van der Waals surface area contributed by atoms with Crippen molar-refractivity contribution in [2.75, 3.05) is 13.2 Å². The van der Waals surface area contributed by atoms with Crippen LogP contribution in [-0.4, -0.2) is 35.3 Å². The molecule has 0 fully saturated rings. The number of aliphatic hydroxyl groups is 1. The predicted octanol–water partition coefficient (Wildman–Crippen LogP) is 2.76. The van der Waals surface area contributed by atoms with Crippen LogP contribution in [-0.2, 0) is 11.2 Å². The van der Waals surface area contributed by atoms with E-state index in [4.69, 9.17) is 20.3 Å². The number of rotatable bonds is 7. The molecule has 1 heterocycles. The number of halogens is 2. The van der Waals surface area contributed by atoms with Gasteiger partial charge in [-0.15, -0.1) is 24.8 Å². The summed E-state index contributed by atoms with van der Waals surface area (Å²) in [4.78, 5) is 16.0. The molecule has 0 unspecified atom stereocenters. The van der Waals surface area contributed by atoms with E-state index < -0.39 is 5.97 Å². The van der Waals surface area contributed by atoms with Gasteiger partial charge in [0.25, 0.3) is 0 Å². The lowest BCUT2D eigenvalue weighted by molar-refractivity contribution is 0.0522. The number of benzene rings is 1. The molecule has 0 saturated carbocycles. The average molecular weight is 389 g/mol. The zero-order chi connectivity index (χ0) is 16.7. The van der Waals surface area contributed by atoms with E-state index in [0.717, 1.165) is 5.56 Å². The molecule has 0 aliphatic carbocycles.